The van der Waals surface area contributed by atoms with Crippen molar-refractivity contribution < 1.29 is 0 Å². The van der Waals surface area contributed by atoms with Crippen molar-refractivity contribution in [3.63, 3.8) is 0 Å². The molecule has 2 heterocycles. The molecule has 0 fully saturated rings. The summed E-state index contributed by atoms with van der Waals surface area (Å²) in [5.74, 6) is 0. The highest BCUT2D eigenvalue weighted by Crippen LogP contribution is 2.23. The molecule has 2 aromatic rings. The van der Waals surface area contributed by atoms with Crippen molar-refractivity contribution in [2.75, 3.05) is 6.54 Å². The Kier molecular flexibility index (Phi) is 5.11. The lowest BCUT2D eigenvalue weighted by molar-refractivity contribution is 0.539. The number of nitrogens with one attached hydrogen (secondary N) is 1. The van der Waals surface area contributed by atoms with Gasteiger partial charge in [-0.25, -0.2) is 0 Å². The van der Waals surface area contributed by atoms with Gasteiger partial charge < -0.3 is 5.32 Å². The molecule has 0 amide bonds. The molecule has 2 nitrogen and oxygen atoms in total. The molecular weight excluding hydrogens is 252 g/mol. The van der Waals surface area contributed by atoms with E-state index in [0.29, 0.717) is 6.04 Å². The molecule has 19 heavy (non-hydrogen) atoms. The molecule has 0 radical (unpaired) electrons. The van der Waals surface area contributed by atoms with Gasteiger partial charge >= 0.3 is 0 Å². The van der Waals surface area contributed by atoms with Crippen LogP contribution < -0.4 is 5.32 Å². The fourth-order valence-electron chi connectivity index (χ4n) is 2.21. The minimum atomic E-state index is 0.313. The van der Waals surface area contributed by atoms with E-state index < -0.39 is 0 Å². The number of thiophene rings is 1. The molecular formula is C16H22N2S. The molecule has 0 aliphatic heterocycles. The molecule has 2 aromatic heterocycles. The van der Waals surface area contributed by atoms with Gasteiger partial charge in [0.1, 0.15) is 0 Å². The van der Waals surface area contributed by atoms with E-state index >= 15 is 0 Å². The van der Waals surface area contributed by atoms with Gasteiger partial charge in [-0.3, -0.25) is 4.98 Å². The second-order valence-corrected chi connectivity index (χ2v) is 5.99. The molecule has 102 valence electrons. The third-order valence-electron chi connectivity index (χ3n) is 3.19. The van der Waals surface area contributed by atoms with E-state index in [1.807, 2.05) is 24.3 Å². The minimum Gasteiger partial charge on any atom is -0.309 e. The average Bonchev–Trinajstić information content (AvgIpc) is 2.86. The summed E-state index contributed by atoms with van der Waals surface area (Å²) in [5.41, 5.74) is 2.23. The van der Waals surface area contributed by atoms with Crippen molar-refractivity contribution >= 4 is 11.3 Å². The summed E-state index contributed by atoms with van der Waals surface area (Å²) in [7, 11) is 0. The summed E-state index contributed by atoms with van der Waals surface area (Å²) < 4.78 is 0. The molecule has 0 aromatic carbocycles. The van der Waals surface area contributed by atoms with Gasteiger partial charge in [0.05, 0.1) is 11.7 Å². The van der Waals surface area contributed by atoms with E-state index in [9.17, 15) is 0 Å². The van der Waals surface area contributed by atoms with Crippen LogP contribution >= 0.6 is 11.3 Å². The fraction of sp³-hybridized carbons (Fsp3) is 0.438. The lowest BCUT2D eigenvalue weighted by Gasteiger charge is -2.17. The van der Waals surface area contributed by atoms with E-state index in [1.165, 1.54) is 9.75 Å². The molecule has 0 saturated carbocycles. The van der Waals surface area contributed by atoms with E-state index in [4.69, 9.17) is 0 Å². The summed E-state index contributed by atoms with van der Waals surface area (Å²) in [5, 5.41) is 3.55. The quantitative estimate of drug-likeness (QED) is 0.864. The number of likely N-dealkylation sites (N-methyl/N-ethyl adjacent to an activating group) is 1. The summed E-state index contributed by atoms with van der Waals surface area (Å²) in [6.07, 6.45) is 2.15. The molecule has 0 spiro atoms. The van der Waals surface area contributed by atoms with Gasteiger partial charge in [0.2, 0.25) is 0 Å². The first-order valence-corrected chi connectivity index (χ1v) is 7.79. The number of nitrogens with zero attached hydrogens (tertiary/aromatic N) is 1. The lowest BCUT2D eigenvalue weighted by atomic mass is 10.1. The number of aromatic nitrogens is 1. The van der Waals surface area contributed by atoms with Crippen LogP contribution in [0.25, 0.3) is 0 Å². The highest BCUT2D eigenvalue weighted by molar-refractivity contribution is 7.11. The van der Waals surface area contributed by atoms with Gasteiger partial charge in [-0.2, -0.15) is 0 Å². The van der Waals surface area contributed by atoms with E-state index in [-0.39, 0.29) is 0 Å². The zero-order valence-electron chi connectivity index (χ0n) is 11.9. The number of rotatable bonds is 6. The summed E-state index contributed by atoms with van der Waals surface area (Å²) in [6.45, 7) is 7.37. The molecule has 0 bridgehead atoms. The maximum atomic E-state index is 4.66. The maximum Gasteiger partial charge on any atom is 0.0580 e. The number of aryl methyl sites for hydroxylation is 2. The molecule has 0 aliphatic carbocycles. The second-order valence-electron chi connectivity index (χ2n) is 4.74. The Labute approximate surface area is 119 Å². The zero-order chi connectivity index (χ0) is 13.7. The van der Waals surface area contributed by atoms with E-state index in [1.54, 1.807) is 0 Å². The van der Waals surface area contributed by atoms with Gasteiger partial charge in [-0.1, -0.05) is 19.9 Å². The highest BCUT2D eigenvalue weighted by atomic mass is 32.1. The Hall–Kier alpha value is -1.19. The number of pyridine rings is 1. The number of hydrogen-bond donors (Lipinski definition) is 1. The van der Waals surface area contributed by atoms with Crippen LogP contribution in [-0.2, 0) is 12.8 Å². The van der Waals surface area contributed by atoms with Gasteiger partial charge in [0, 0.05) is 21.9 Å². The molecule has 0 aliphatic rings. The van der Waals surface area contributed by atoms with Crippen molar-refractivity contribution in [1.82, 2.24) is 10.3 Å². The Bertz CT molecular complexity index is 519. The second kappa shape index (κ2) is 6.83. The Balaban J connectivity index is 2.15. The summed E-state index contributed by atoms with van der Waals surface area (Å²) >= 11 is 1.92. The Morgan fingerprint density at radius 3 is 2.58 bits per heavy atom. The minimum absolute atomic E-state index is 0.313. The van der Waals surface area contributed by atoms with E-state index in [0.717, 1.165) is 30.8 Å². The van der Waals surface area contributed by atoms with Gasteiger partial charge in [0.25, 0.3) is 0 Å². The van der Waals surface area contributed by atoms with Crippen molar-refractivity contribution in [2.24, 2.45) is 0 Å². The third-order valence-corrected chi connectivity index (χ3v) is 4.44. The molecule has 1 atom stereocenters. The topological polar surface area (TPSA) is 24.9 Å². The largest absolute Gasteiger partial charge is 0.309 e. The van der Waals surface area contributed by atoms with E-state index in [2.05, 4.69) is 48.4 Å². The summed E-state index contributed by atoms with van der Waals surface area (Å²) in [4.78, 5) is 7.55. The normalized spacial score (nSPS) is 12.6. The van der Waals surface area contributed by atoms with Gasteiger partial charge in [-0.15, -0.1) is 11.3 Å². The predicted molar refractivity (Wildman–Crippen MR) is 82.8 cm³/mol. The van der Waals surface area contributed by atoms with Gasteiger partial charge in [-0.05, 0) is 44.2 Å². The third kappa shape index (κ3) is 3.88. The standard InChI is InChI=1S/C16H22N2S/c1-4-13-9-10-14(19-13)11-16(17-5-2)15-8-6-7-12(3)18-15/h6-10,16-17H,4-5,11H2,1-3H3. The van der Waals surface area contributed by atoms with Crippen LogP contribution in [0.3, 0.4) is 0 Å². The fourth-order valence-corrected chi connectivity index (χ4v) is 3.21. The highest BCUT2D eigenvalue weighted by Gasteiger charge is 2.13. The van der Waals surface area contributed by atoms with Crippen LogP contribution in [0.5, 0.6) is 0 Å². The van der Waals surface area contributed by atoms with Crippen LogP contribution in [0.1, 0.15) is 41.0 Å². The predicted octanol–water partition coefficient (Wildman–Crippen LogP) is 3.91. The van der Waals surface area contributed by atoms with Crippen LogP contribution in [0, 0.1) is 6.92 Å². The number of hydrogen-bond acceptors (Lipinski definition) is 3. The average molecular weight is 274 g/mol. The van der Waals surface area contributed by atoms with Crippen molar-refractivity contribution in [2.45, 2.75) is 39.7 Å². The molecule has 1 unspecified atom stereocenters. The van der Waals surface area contributed by atoms with Crippen molar-refractivity contribution in [3.8, 4) is 0 Å². The first kappa shape index (κ1) is 14.2. The SMILES string of the molecule is CCNC(Cc1ccc(CC)s1)c1cccc(C)n1. The first-order valence-electron chi connectivity index (χ1n) is 6.97. The maximum absolute atomic E-state index is 4.66. The van der Waals surface area contributed by atoms with Crippen molar-refractivity contribution in [3.05, 3.63) is 51.5 Å². The van der Waals surface area contributed by atoms with Crippen molar-refractivity contribution in [1.29, 1.82) is 0 Å². The summed E-state index contributed by atoms with van der Waals surface area (Å²) in [6, 6.07) is 11.1. The first-order chi connectivity index (χ1) is 9.22. The lowest BCUT2D eigenvalue weighted by Crippen LogP contribution is -2.23. The van der Waals surface area contributed by atoms with Crippen LogP contribution in [0.2, 0.25) is 0 Å². The molecule has 3 heteroatoms. The Morgan fingerprint density at radius 1 is 1.16 bits per heavy atom. The molecule has 1 N–H and O–H groups in total. The smallest absolute Gasteiger partial charge is 0.0580 e. The monoisotopic (exact) mass is 274 g/mol. The molecule has 2 rings (SSSR count). The van der Waals surface area contributed by atoms with Gasteiger partial charge in [0.15, 0.2) is 0 Å². The van der Waals surface area contributed by atoms with Crippen LogP contribution in [0.15, 0.2) is 30.3 Å². The zero-order valence-corrected chi connectivity index (χ0v) is 12.8. The Morgan fingerprint density at radius 2 is 1.95 bits per heavy atom. The van der Waals surface area contributed by atoms with Crippen LogP contribution in [0.4, 0.5) is 0 Å². The van der Waals surface area contributed by atoms with Crippen LogP contribution in [-0.4, -0.2) is 11.5 Å². The molecule has 0 saturated heterocycles.